The number of carbonyl (C=O) groups excluding carboxylic acids is 2. The Bertz CT molecular complexity index is 920. The van der Waals surface area contributed by atoms with Crippen molar-refractivity contribution in [1.29, 1.82) is 0 Å². The highest BCUT2D eigenvalue weighted by Crippen LogP contribution is 2.23. The van der Waals surface area contributed by atoms with E-state index in [4.69, 9.17) is 0 Å². The molecule has 0 unspecified atom stereocenters. The van der Waals surface area contributed by atoms with Gasteiger partial charge in [0.15, 0.2) is 0 Å². The maximum atomic E-state index is 12.4. The zero-order valence-corrected chi connectivity index (χ0v) is 13.5. The largest absolute Gasteiger partial charge is 0.346 e. The number of aromatic nitrogens is 1. The highest BCUT2D eigenvalue weighted by Gasteiger charge is 2.34. The van der Waals surface area contributed by atoms with Gasteiger partial charge in [-0.3, -0.25) is 14.5 Å². The Morgan fingerprint density at radius 2 is 1.58 bits per heavy atom. The molecule has 0 aliphatic carbocycles. The molecule has 0 spiro atoms. The number of rotatable bonds is 4. The Hall–Kier alpha value is -2.88. The summed E-state index contributed by atoms with van der Waals surface area (Å²) in [5.74, 6) is -0.388. The fourth-order valence-electron chi connectivity index (χ4n) is 3.31. The summed E-state index contributed by atoms with van der Waals surface area (Å²) in [5.41, 5.74) is 3.45. The number of benzene rings is 2. The van der Waals surface area contributed by atoms with E-state index in [1.165, 1.54) is 15.8 Å². The lowest BCUT2D eigenvalue weighted by Crippen LogP contribution is -2.32. The predicted octanol–water partition coefficient (Wildman–Crippen LogP) is 3.50. The van der Waals surface area contributed by atoms with Gasteiger partial charge < -0.3 is 4.57 Å². The standard InChI is InChI=1S/C20H18N2O2/c1-2-14-7-8-18-15(13-14)9-10-21(18)11-12-22-19(23)16-5-3-4-6-17(16)20(22)24/h3-10,13H,2,11-12H2,1H3. The smallest absolute Gasteiger partial charge is 0.261 e. The van der Waals surface area contributed by atoms with Gasteiger partial charge in [-0.15, -0.1) is 0 Å². The molecule has 24 heavy (non-hydrogen) atoms. The average Bonchev–Trinajstić information content (AvgIpc) is 3.13. The monoisotopic (exact) mass is 318 g/mol. The van der Waals surface area contributed by atoms with Crippen LogP contribution in [0.4, 0.5) is 0 Å². The van der Waals surface area contributed by atoms with E-state index in [9.17, 15) is 9.59 Å². The summed E-state index contributed by atoms with van der Waals surface area (Å²) >= 11 is 0. The summed E-state index contributed by atoms with van der Waals surface area (Å²) < 4.78 is 2.10. The van der Waals surface area contributed by atoms with Gasteiger partial charge >= 0.3 is 0 Å². The van der Waals surface area contributed by atoms with Crippen LogP contribution in [0.15, 0.2) is 54.7 Å². The highest BCUT2D eigenvalue weighted by molar-refractivity contribution is 6.21. The number of carbonyl (C=O) groups is 2. The van der Waals surface area contributed by atoms with E-state index in [0.29, 0.717) is 24.2 Å². The van der Waals surface area contributed by atoms with Gasteiger partial charge in [0.2, 0.25) is 0 Å². The van der Waals surface area contributed by atoms with Gasteiger partial charge in [0.1, 0.15) is 0 Å². The molecule has 0 saturated heterocycles. The minimum absolute atomic E-state index is 0.194. The van der Waals surface area contributed by atoms with Crippen LogP contribution >= 0.6 is 0 Å². The molecule has 120 valence electrons. The summed E-state index contributed by atoms with van der Waals surface area (Å²) in [5, 5.41) is 1.19. The van der Waals surface area contributed by atoms with Gasteiger partial charge in [0.05, 0.1) is 11.1 Å². The quantitative estimate of drug-likeness (QED) is 0.691. The normalized spacial score (nSPS) is 13.8. The van der Waals surface area contributed by atoms with Crippen molar-refractivity contribution in [3.05, 3.63) is 71.4 Å². The molecule has 0 radical (unpaired) electrons. The minimum Gasteiger partial charge on any atom is -0.346 e. The lowest BCUT2D eigenvalue weighted by Gasteiger charge is -2.15. The molecule has 4 heteroatoms. The van der Waals surface area contributed by atoms with Gasteiger partial charge in [0.25, 0.3) is 11.8 Å². The molecule has 0 N–H and O–H groups in total. The molecule has 3 aromatic rings. The molecule has 0 atom stereocenters. The van der Waals surface area contributed by atoms with Crippen LogP contribution in [-0.2, 0) is 13.0 Å². The van der Waals surface area contributed by atoms with Crippen molar-refractivity contribution < 1.29 is 9.59 Å². The van der Waals surface area contributed by atoms with Crippen molar-refractivity contribution in [3.63, 3.8) is 0 Å². The lowest BCUT2D eigenvalue weighted by molar-refractivity contribution is 0.0649. The average molecular weight is 318 g/mol. The first-order valence-electron chi connectivity index (χ1n) is 8.22. The maximum absolute atomic E-state index is 12.4. The second kappa shape index (κ2) is 5.64. The molecule has 4 rings (SSSR count). The van der Waals surface area contributed by atoms with Gasteiger partial charge in [-0.25, -0.2) is 0 Å². The zero-order valence-electron chi connectivity index (χ0n) is 13.5. The lowest BCUT2D eigenvalue weighted by atomic mass is 10.1. The van der Waals surface area contributed by atoms with Crippen LogP contribution in [0.2, 0.25) is 0 Å². The Labute approximate surface area is 140 Å². The Morgan fingerprint density at radius 3 is 2.25 bits per heavy atom. The van der Waals surface area contributed by atoms with E-state index in [1.807, 2.05) is 6.20 Å². The van der Waals surface area contributed by atoms with Crippen molar-refractivity contribution in [2.24, 2.45) is 0 Å². The van der Waals surface area contributed by atoms with Crippen LogP contribution in [0.5, 0.6) is 0 Å². The SMILES string of the molecule is CCc1ccc2c(ccn2CCN2C(=O)c3ccccc3C2=O)c1. The Balaban J connectivity index is 1.56. The molecule has 0 saturated carbocycles. The van der Waals surface area contributed by atoms with Crippen molar-refractivity contribution >= 4 is 22.7 Å². The second-order valence-corrected chi connectivity index (χ2v) is 6.06. The van der Waals surface area contributed by atoms with E-state index < -0.39 is 0 Å². The number of aryl methyl sites for hydroxylation is 1. The fraction of sp³-hybridized carbons (Fsp3) is 0.200. The molecule has 1 aromatic heterocycles. The van der Waals surface area contributed by atoms with Crippen molar-refractivity contribution in [2.75, 3.05) is 6.54 Å². The third-order valence-corrected chi connectivity index (χ3v) is 4.69. The first-order valence-corrected chi connectivity index (χ1v) is 8.22. The second-order valence-electron chi connectivity index (χ2n) is 6.06. The first kappa shape index (κ1) is 14.7. The summed E-state index contributed by atoms with van der Waals surface area (Å²) in [6.07, 6.45) is 3.03. The van der Waals surface area contributed by atoms with Crippen molar-refractivity contribution in [1.82, 2.24) is 9.47 Å². The van der Waals surface area contributed by atoms with Crippen LogP contribution in [0.1, 0.15) is 33.2 Å². The number of amides is 2. The highest BCUT2D eigenvalue weighted by atomic mass is 16.2. The number of hydrogen-bond acceptors (Lipinski definition) is 2. The molecular formula is C20H18N2O2. The Kier molecular flexibility index (Phi) is 3.45. The third-order valence-electron chi connectivity index (χ3n) is 4.69. The number of imide groups is 1. The van der Waals surface area contributed by atoms with Crippen molar-refractivity contribution in [3.8, 4) is 0 Å². The van der Waals surface area contributed by atoms with E-state index in [2.05, 4.69) is 35.8 Å². The molecule has 1 aliphatic heterocycles. The zero-order chi connectivity index (χ0) is 16.7. The molecule has 0 fully saturated rings. The maximum Gasteiger partial charge on any atom is 0.261 e. The van der Waals surface area contributed by atoms with Crippen molar-refractivity contribution in [2.45, 2.75) is 19.9 Å². The van der Waals surface area contributed by atoms with E-state index >= 15 is 0 Å². The summed E-state index contributed by atoms with van der Waals surface area (Å²) in [4.78, 5) is 26.2. The van der Waals surface area contributed by atoms with Gasteiger partial charge in [-0.05, 0) is 47.7 Å². The van der Waals surface area contributed by atoms with E-state index in [-0.39, 0.29) is 11.8 Å². The number of hydrogen-bond donors (Lipinski definition) is 0. The van der Waals surface area contributed by atoms with Gasteiger partial charge in [-0.1, -0.05) is 25.1 Å². The summed E-state index contributed by atoms with van der Waals surface area (Å²) in [7, 11) is 0. The minimum atomic E-state index is -0.194. The van der Waals surface area contributed by atoms with E-state index in [0.717, 1.165) is 11.9 Å². The van der Waals surface area contributed by atoms with Crippen LogP contribution < -0.4 is 0 Å². The molecular weight excluding hydrogens is 300 g/mol. The summed E-state index contributed by atoms with van der Waals surface area (Å²) in [6.45, 7) is 3.12. The third kappa shape index (κ3) is 2.22. The number of nitrogens with zero attached hydrogens (tertiary/aromatic N) is 2. The van der Waals surface area contributed by atoms with Crippen LogP contribution in [0, 0.1) is 0 Å². The van der Waals surface area contributed by atoms with E-state index in [1.54, 1.807) is 24.3 Å². The molecule has 2 amide bonds. The molecule has 2 heterocycles. The van der Waals surface area contributed by atoms with Crippen LogP contribution in [-0.4, -0.2) is 27.8 Å². The fourth-order valence-corrected chi connectivity index (χ4v) is 3.31. The number of fused-ring (bicyclic) bond motifs is 2. The van der Waals surface area contributed by atoms with Gasteiger partial charge in [-0.2, -0.15) is 0 Å². The molecule has 1 aliphatic rings. The molecule has 0 bridgehead atoms. The predicted molar refractivity (Wildman–Crippen MR) is 93.1 cm³/mol. The topological polar surface area (TPSA) is 42.3 Å². The molecule has 4 nitrogen and oxygen atoms in total. The van der Waals surface area contributed by atoms with Crippen LogP contribution in [0.25, 0.3) is 10.9 Å². The van der Waals surface area contributed by atoms with Crippen LogP contribution in [0.3, 0.4) is 0 Å². The Morgan fingerprint density at radius 1 is 0.875 bits per heavy atom. The first-order chi connectivity index (χ1) is 11.7. The molecule has 2 aromatic carbocycles. The van der Waals surface area contributed by atoms with Gasteiger partial charge in [0, 0.05) is 24.8 Å². The summed E-state index contributed by atoms with van der Waals surface area (Å²) in [6, 6.07) is 15.5.